The Balaban J connectivity index is 1.86. The zero-order valence-corrected chi connectivity index (χ0v) is 12.2. The lowest BCUT2D eigenvalue weighted by molar-refractivity contribution is -0.157. The van der Waals surface area contributed by atoms with Crippen LogP contribution in [0.5, 0.6) is 5.75 Å². The third kappa shape index (κ3) is 4.88. The van der Waals surface area contributed by atoms with E-state index in [9.17, 15) is 4.79 Å². The van der Waals surface area contributed by atoms with Gasteiger partial charge in [0.2, 0.25) is 0 Å². The second kappa shape index (κ2) is 7.81. The number of methoxy groups -OCH3 is 1. The van der Waals surface area contributed by atoms with Crippen LogP contribution in [-0.2, 0) is 9.47 Å². The molecule has 0 aromatic heterocycles. The van der Waals surface area contributed by atoms with Crippen molar-refractivity contribution in [3.05, 3.63) is 41.6 Å². The topological polar surface area (TPSA) is 70.8 Å². The minimum absolute atomic E-state index is 0.150. The molecule has 0 amide bonds. The van der Waals surface area contributed by atoms with Crippen LogP contribution in [0.4, 0.5) is 0 Å². The lowest BCUT2D eigenvalue weighted by atomic mass is 10.1. The molecule has 1 atom stereocenters. The molecule has 1 heterocycles. The molecule has 1 fully saturated rings. The van der Waals surface area contributed by atoms with Gasteiger partial charge in [-0.1, -0.05) is 0 Å². The van der Waals surface area contributed by atoms with Gasteiger partial charge in [-0.15, -0.1) is 0 Å². The van der Waals surface area contributed by atoms with E-state index < -0.39 is 0 Å². The van der Waals surface area contributed by atoms with E-state index in [1.54, 1.807) is 31.4 Å². The lowest BCUT2D eigenvalue weighted by Crippen LogP contribution is -2.24. The standard InChI is InChI=1S/C16H21NO4/c1-19-14-7-5-12(6-8-14)15(18)10-13(17)11-21-16-4-2-3-9-20-16/h5-8,10,16H,2-4,9,11,17H2,1H3/b13-10-. The van der Waals surface area contributed by atoms with Crippen molar-refractivity contribution in [3.63, 3.8) is 0 Å². The first-order valence-electron chi connectivity index (χ1n) is 7.06. The number of hydrogen-bond acceptors (Lipinski definition) is 5. The molecule has 2 rings (SSSR count). The number of ketones is 1. The molecule has 114 valence electrons. The van der Waals surface area contributed by atoms with Gasteiger partial charge in [0.15, 0.2) is 12.1 Å². The largest absolute Gasteiger partial charge is 0.497 e. The van der Waals surface area contributed by atoms with E-state index in [-0.39, 0.29) is 18.7 Å². The van der Waals surface area contributed by atoms with E-state index in [1.807, 2.05) is 0 Å². The van der Waals surface area contributed by atoms with Crippen LogP contribution >= 0.6 is 0 Å². The van der Waals surface area contributed by atoms with E-state index in [0.29, 0.717) is 17.0 Å². The maximum Gasteiger partial charge on any atom is 0.187 e. The molecule has 1 aliphatic heterocycles. The van der Waals surface area contributed by atoms with Crippen molar-refractivity contribution in [2.45, 2.75) is 25.6 Å². The van der Waals surface area contributed by atoms with Gasteiger partial charge < -0.3 is 19.9 Å². The third-order valence-corrected chi connectivity index (χ3v) is 3.26. The highest BCUT2D eigenvalue weighted by atomic mass is 16.7. The number of rotatable bonds is 6. The number of carbonyl (C=O) groups excluding carboxylic acids is 1. The van der Waals surface area contributed by atoms with E-state index >= 15 is 0 Å². The molecule has 0 saturated carbocycles. The summed E-state index contributed by atoms with van der Waals surface area (Å²) in [6, 6.07) is 6.89. The average Bonchev–Trinajstić information content (AvgIpc) is 2.54. The summed E-state index contributed by atoms with van der Waals surface area (Å²) in [4.78, 5) is 12.0. The Morgan fingerprint density at radius 1 is 1.38 bits per heavy atom. The third-order valence-electron chi connectivity index (χ3n) is 3.26. The maximum absolute atomic E-state index is 12.0. The van der Waals surface area contributed by atoms with Crippen molar-refractivity contribution in [1.82, 2.24) is 0 Å². The van der Waals surface area contributed by atoms with Crippen molar-refractivity contribution in [2.24, 2.45) is 5.73 Å². The zero-order valence-electron chi connectivity index (χ0n) is 12.2. The van der Waals surface area contributed by atoms with Gasteiger partial charge in [0.1, 0.15) is 5.75 Å². The summed E-state index contributed by atoms with van der Waals surface area (Å²) in [5.74, 6) is 0.560. The second-order valence-electron chi connectivity index (χ2n) is 4.92. The summed E-state index contributed by atoms with van der Waals surface area (Å²) in [6.45, 7) is 0.922. The van der Waals surface area contributed by atoms with Crippen LogP contribution in [0.3, 0.4) is 0 Å². The predicted molar refractivity (Wildman–Crippen MR) is 79.1 cm³/mol. The maximum atomic E-state index is 12.0. The van der Waals surface area contributed by atoms with Crippen LogP contribution in [-0.4, -0.2) is 32.4 Å². The Bertz CT molecular complexity index is 490. The van der Waals surface area contributed by atoms with Crippen molar-refractivity contribution in [1.29, 1.82) is 0 Å². The van der Waals surface area contributed by atoms with Gasteiger partial charge in [-0.05, 0) is 43.5 Å². The van der Waals surface area contributed by atoms with Crippen LogP contribution in [0, 0.1) is 0 Å². The highest BCUT2D eigenvalue weighted by Crippen LogP contribution is 2.15. The minimum atomic E-state index is -0.207. The quantitative estimate of drug-likeness (QED) is 0.643. The van der Waals surface area contributed by atoms with Crippen LogP contribution in [0.2, 0.25) is 0 Å². The SMILES string of the molecule is COc1ccc(C(=O)/C=C(\N)COC2CCCCO2)cc1. The highest BCUT2D eigenvalue weighted by molar-refractivity contribution is 6.04. The first kappa shape index (κ1) is 15.5. The Hall–Kier alpha value is -1.85. The van der Waals surface area contributed by atoms with Gasteiger partial charge >= 0.3 is 0 Å². The summed E-state index contributed by atoms with van der Waals surface area (Å²) in [7, 11) is 1.58. The van der Waals surface area contributed by atoms with Gasteiger partial charge in [-0.3, -0.25) is 4.79 Å². The smallest absolute Gasteiger partial charge is 0.187 e. The normalized spacial score (nSPS) is 19.3. The lowest BCUT2D eigenvalue weighted by Gasteiger charge is -2.22. The molecule has 5 heteroatoms. The number of ether oxygens (including phenoxy) is 3. The molecular formula is C16H21NO4. The summed E-state index contributed by atoms with van der Waals surface area (Å²) >= 11 is 0. The number of allylic oxidation sites excluding steroid dienone is 1. The molecular weight excluding hydrogens is 270 g/mol. The van der Waals surface area contributed by atoms with Gasteiger partial charge in [0.05, 0.1) is 13.7 Å². The highest BCUT2D eigenvalue weighted by Gasteiger charge is 2.14. The molecule has 1 aromatic carbocycles. The average molecular weight is 291 g/mol. The van der Waals surface area contributed by atoms with Crippen LogP contribution in [0.1, 0.15) is 29.6 Å². The first-order valence-corrected chi connectivity index (χ1v) is 7.06. The van der Waals surface area contributed by atoms with Crippen LogP contribution < -0.4 is 10.5 Å². The predicted octanol–water partition coefficient (Wildman–Crippen LogP) is 2.26. The summed E-state index contributed by atoms with van der Waals surface area (Å²) in [5, 5.41) is 0. The fraction of sp³-hybridized carbons (Fsp3) is 0.438. The van der Waals surface area contributed by atoms with Crippen LogP contribution in [0.25, 0.3) is 0 Å². The minimum Gasteiger partial charge on any atom is -0.497 e. The molecule has 0 radical (unpaired) electrons. The number of nitrogens with two attached hydrogens (primary N) is 1. The Labute approximate surface area is 124 Å². The van der Waals surface area contributed by atoms with Gasteiger partial charge in [0, 0.05) is 23.9 Å². The van der Waals surface area contributed by atoms with Gasteiger partial charge in [-0.25, -0.2) is 0 Å². The first-order chi connectivity index (χ1) is 10.2. The van der Waals surface area contributed by atoms with E-state index in [0.717, 1.165) is 25.9 Å². The summed E-state index contributed by atoms with van der Waals surface area (Å²) in [6.07, 6.45) is 4.23. The van der Waals surface area contributed by atoms with E-state index in [4.69, 9.17) is 19.9 Å². The fourth-order valence-electron chi connectivity index (χ4n) is 2.08. The molecule has 2 N–H and O–H groups in total. The van der Waals surface area contributed by atoms with Crippen LogP contribution in [0.15, 0.2) is 36.0 Å². The molecule has 0 spiro atoms. The zero-order chi connectivity index (χ0) is 15.1. The monoisotopic (exact) mass is 291 g/mol. The molecule has 1 saturated heterocycles. The molecule has 5 nitrogen and oxygen atoms in total. The van der Waals surface area contributed by atoms with Crippen molar-refractivity contribution in [3.8, 4) is 5.75 Å². The Morgan fingerprint density at radius 2 is 2.14 bits per heavy atom. The van der Waals surface area contributed by atoms with Crippen molar-refractivity contribution >= 4 is 5.78 Å². The second-order valence-corrected chi connectivity index (χ2v) is 4.92. The molecule has 0 bridgehead atoms. The van der Waals surface area contributed by atoms with Crippen molar-refractivity contribution < 1.29 is 19.0 Å². The van der Waals surface area contributed by atoms with Gasteiger partial charge in [0.25, 0.3) is 0 Å². The van der Waals surface area contributed by atoms with Crippen molar-refractivity contribution in [2.75, 3.05) is 20.3 Å². The fourth-order valence-corrected chi connectivity index (χ4v) is 2.08. The Morgan fingerprint density at radius 3 is 2.76 bits per heavy atom. The van der Waals surface area contributed by atoms with E-state index in [2.05, 4.69) is 0 Å². The number of hydrogen-bond donors (Lipinski definition) is 1. The number of benzene rings is 1. The summed E-state index contributed by atoms with van der Waals surface area (Å²) < 4.78 is 16.0. The molecule has 1 aliphatic rings. The molecule has 1 unspecified atom stereocenters. The molecule has 21 heavy (non-hydrogen) atoms. The number of carbonyl (C=O) groups is 1. The van der Waals surface area contributed by atoms with Gasteiger partial charge in [-0.2, -0.15) is 0 Å². The Kier molecular flexibility index (Phi) is 5.78. The molecule has 1 aromatic rings. The molecule has 0 aliphatic carbocycles. The van der Waals surface area contributed by atoms with E-state index in [1.165, 1.54) is 6.08 Å². The summed E-state index contributed by atoms with van der Waals surface area (Å²) in [5.41, 5.74) is 6.78.